The van der Waals surface area contributed by atoms with Crippen molar-refractivity contribution in [2.75, 3.05) is 20.2 Å². The highest BCUT2D eigenvalue weighted by molar-refractivity contribution is 9.10. The molecule has 2 N–H and O–H groups in total. The second-order valence-electron chi connectivity index (χ2n) is 8.16. The van der Waals surface area contributed by atoms with E-state index in [1.54, 1.807) is 13.0 Å². The van der Waals surface area contributed by atoms with Gasteiger partial charge in [0.15, 0.2) is 0 Å². The molecule has 1 aromatic carbocycles. The van der Waals surface area contributed by atoms with E-state index < -0.39 is 6.30 Å². The van der Waals surface area contributed by atoms with E-state index in [4.69, 9.17) is 0 Å². The highest BCUT2D eigenvalue weighted by Gasteiger charge is 2.45. The smallest absolute Gasteiger partial charge is 0.394 e. The summed E-state index contributed by atoms with van der Waals surface area (Å²) in [7, 11) is 1.92. The summed E-state index contributed by atoms with van der Waals surface area (Å²) in [6.07, 6.45) is -3.44. The fourth-order valence-corrected chi connectivity index (χ4v) is 5.68. The molecule has 158 valence electrons. The lowest BCUT2D eigenvalue weighted by atomic mass is 9.72. The van der Waals surface area contributed by atoms with E-state index in [2.05, 4.69) is 26.1 Å². The minimum Gasteiger partial charge on any atom is -0.394 e. The summed E-state index contributed by atoms with van der Waals surface area (Å²) >= 11 is 3.20. The molecule has 2 aliphatic rings. The van der Waals surface area contributed by atoms with Gasteiger partial charge in [0.25, 0.3) is 0 Å². The summed E-state index contributed by atoms with van der Waals surface area (Å²) in [5.41, 5.74) is 1.70. The zero-order chi connectivity index (χ0) is 21.1. The van der Waals surface area contributed by atoms with Crippen LogP contribution in [0.4, 0.5) is 13.2 Å². The lowest BCUT2D eigenvalue weighted by molar-refractivity contribution is -0.202. The molecule has 4 atom stereocenters. The van der Waals surface area contributed by atoms with Crippen molar-refractivity contribution in [3.05, 3.63) is 33.9 Å². The number of aliphatic hydroxyl groups excluding tert-OH is 1. The summed E-state index contributed by atoms with van der Waals surface area (Å²) in [6, 6.07) is 4.76. The van der Waals surface area contributed by atoms with E-state index in [1.807, 2.05) is 13.1 Å². The van der Waals surface area contributed by atoms with Crippen LogP contribution in [0.1, 0.15) is 30.4 Å². The first kappa shape index (κ1) is 20.7. The van der Waals surface area contributed by atoms with E-state index in [0.717, 1.165) is 5.56 Å². The van der Waals surface area contributed by atoms with Crippen LogP contribution in [0.5, 0.6) is 0 Å². The monoisotopic (exact) mass is 473 g/mol. The molecule has 9 heteroatoms. The molecule has 1 aromatic heterocycles. The molecule has 1 aliphatic heterocycles. The van der Waals surface area contributed by atoms with Crippen molar-refractivity contribution in [1.82, 2.24) is 14.8 Å². The van der Waals surface area contributed by atoms with Crippen molar-refractivity contribution >= 4 is 32.7 Å². The summed E-state index contributed by atoms with van der Waals surface area (Å²) in [5, 5.41) is 12.7. The van der Waals surface area contributed by atoms with Crippen LogP contribution in [0.25, 0.3) is 10.9 Å². The normalized spacial score (nSPS) is 25.7. The number of likely N-dealkylation sites (tertiary alicyclic amines) is 1. The number of amides is 1. The molecule has 4 unspecified atom stereocenters. The van der Waals surface area contributed by atoms with Gasteiger partial charge in [0.05, 0.1) is 22.6 Å². The molecule has 0 spiro atoms. The van der Waals surface area contributed by atoms with Gasteiger partial charge in [0, 0.05) is 29.9 Å². The average molecular weight is 474 g/mol. The number of aromatic nitrogens is 1. The molecular formula is C20H23BrF3N3O2. The highest BCUT2D eigenvalue weighted by atomic mass is 79.9. The summed E-state index contributed by atoms with van der Waals surface area (Å²) in [5.74, 6) is -0.426. The van der Waals surface area contributed by atoms with Crippen LogP contribution in [0.15, 0.2) is 22.8 Å². The number of carbonyl (C=O) groups is 1. The van der Waals surface area contributed by atoms with Gasteiger partial charge >= 0.3 is 6.30 Å². The van der Waals surface area contributed by atoms with Crippen LogP contribution in [0.2, 0.25) is 0 Å². The van der Waals surface area contributed by atoms with Gasteiger partial charge in [0.1, 0.15) is 0 Å². The van der Waals surface area contributed by atoms with Crippen LogP contribution in [0.3, 0.4) is 0 Å². The van der Waals surface area contributed by atoms with Crippen molar-refractivity contribution in [3.8, 4) is 0 Å². The molecule has 1 aliphatic carbocycles. The topological polar surface area (TPSA) is 57.5 Å². The van der Waals surface area contributed by atoms with Gasteiger partial charge in [-0.15, -0.1) is 13.2 Å². The Kier molecular flexibility index (Phi) is 5.19. The second kappa shape index (κ2) is 7.28. The van der Waals surface area contributed by atoms with Crippen LogP contribution in [0, 0.1) is 5.92 Å². The minimum absolute atomic E-state index is 0.0267. The van der Waals surface area contributed by atoms with Gasteiger partial charge in [-0.25, -0.2) is 4.57 Å². The van der Waals surface area contributed by atoms with Gasteiger partial charge in [0.2, 0.25) is 5.91 Å². The third-order valence-corrected chi connectivity index (χ3v) is 7.07. The Morgan fingerprint density at radius 1 is 1.41 bits per heavy atom. The molecule has 29 heavy (non-hydrogen) atoms. The van der Waals surface area contributed by atoms with E-state index in [1.165, 1.54) is 6.07 Å². The van der Waals surface area contributed by atoms with Gasteiger partial charge in [-0.05, 0) is 59.9 Å². The Morgan fingerprint density at radius 2 is 2.14 bits per heavy atom. The number of piperidine rings is 1. The molecule has 2 aromatic rings. The maximum atomic E-state index is 13.7. The number of hydrogen-bond acceptors (Lipinski definition) is 3. The number of alkyl halides is 3. The lowest BCUT2D eigenvalue weighted by Crippen LogP contribution is -2.52. The zero-order valence-corrected chi connectivity index (χ0v) is 17.7. The first-order valence-corrected chi connectivity index (χ1v) is 10.4. The van der Waals surface area contributed by atoms with Crippen molar-refractivity contribution in [2.24, 2.45) is 5.92 Å². The van der Waals surface area contributed by atoms with E-state index in [9.17, 15) is 23.1 Å². The van der Waals surface area contributed by atoms with Crippen molar-refractivity contribution in [2.45, 2.75) is 44.1 Å². The predicted molar refractivity (Wildman–Crippen MR) is 107 cm³/mol. The summed E-state index contributed by atoms with van der Waals surface area (Å²) in [6.45, 7) is 2.13. The lowest BCUT2D eigenvalue weighted by Gasteiger charge is -2.45. The molecule has 5 nitrogen and oxygen atoms in total. The van der Waals surface area contributed by atoms with Crippen molar-refractivity contribution < 1.29 is 23.1 Å². The van der Waals surface area contributed by atoms with Gasteiger partial charge < -0.3 is 15.3 Å². The fraction of sp³-hybridized carbons (Fsp3) is 0.550. The second-order valence-corrected chi connectivity index (χ2v) is 8.91. The molecule has 1 saturated heterocycles. The first-order chi connectivity index (χ1) is 13.6. The number of likely N-dealkylation sites (N-methyl/N-ethyl adjacent to an activating group) is 1. The molecule has 2 heterocycles. The Hall–Kier alpha value is -1.58. The van der Waals surface area contributed by atoms with Crippen LogP contribution < -0.4 is 5.32 Å². The third kappa shape index (κ3) is 3.37. The number of halogens is 4. The Bertz CT molecular complexity index is 959. The number of carbonyl (C=O) groups excluding carboxylic acids is 1. The zero-order valence-electron chi connectivity index (χ0n) is 16.1. The van der Waals surface area contributed by atoms with E-state index >= 15 is 0 Å². The largest absolute Gasteiger partial charge is 0.489 e. The SMILES string of the molecule is CC(CO)NC(=O)C1CC2c3cccc4c3c(c(Br)n4C(F)(F)F)CC2N(C)C1. The highest BCUT2D eigenvalue weighted by Crippen LogP contribution is 2.49. The Morgan fingerprint density at radius 3 is 2.79 bits per heavy atom. The van der Waals surface area contributed by atoms with Gasteiger partial charge in [-0.1, -0.05) is 12.1 Å². The number of hydrogen-bond donors (Lipinski definition) is 2. The molecule has 1 fully saturated rings. The molecule has 0 bridgehead atoms. The number of nitrogens with zero attached hydrogens (tertiary/aromatic N) is 2. The number of aliphatic hydroxyl groups is 1. The maximum Gasteiger partial charge on any atom is 0.489 e. The Labute approximate surface area is 175 Å². The quantitative estimate of drug-likeness (QED) is 0.718. The first-order valence-electron chi connectivity index (χ1n) is 9.63. The molecule has 0 saturated carbocycles. The van der Waals surface area contributed by atoms with Crippen LogP contribution in [-0.2, 0) is 17.5 Å². The standard InChI is InChI=1S/C20H23BrF3N3O2/c1-10(9-28)25-19(29)11-6-13-12-4-3-5-15-17(12)14(7-16(13)26(2)8-11)18(21)27(15)20(22,23)24/h3-5,10-11,13,16,28H,6-9H2,1-2H3,(H,25,29). The van der Waals surface area contributed by atoms with Crippen molar-refractivity contribution in [3.63, 3.8) is 0 Å². The molecule has 0 radical (unpaired) electrons. The van der Waals surface area contributed by atoms with Crippen molar-refractivity contribution in [1.29, 1.82) is 0 Å². The number of fused-ring (bicyclic) bond motifs is 2. The van der Waals surface area contributed by atoms with Crippen LogP contribution >= 0.6 is 15.9 Å². The summed E-state index contributed by atoms with van der Waals surface area (Å²) < 4.78 is 41.6. The fourth-order valence-electron chi connectivity index (χ4n) is 4.93. The third-order valence-electron chi connectivity index (χ3n) is 6.24. The minimum atomic E-state index is -4.52. The predicted octanol–water partition coefficient (Wildman–Crippen LogP) is 3.34. The number of benzene rings is 1. The summed E-state index contributed by atoms with van der Waals surface area (Å²) in [4.78, 5) is 14.7. The van der Waals surface area contributed by atoms with Gasteiger partial charge in [-0.3, -0.25) is 4.79 Å². The maximum absolute atomic E-state index is 13.7. The number of rotatable bonds is 3. The molecule has 1 amide bonds. The van der Waals surface area contributed by atoms with E-state index in [0.29, 0.717) is 34.9 Å². The molecule has 4 rings (SSSR count). The van der Waals surface area contributed by atoms with E-state index in [-0.39, 0.29) is 46.6 Å². The molecular weight excluding hydrogens is 451 g/mol. The Balaban J connectivity index is 1.76. The van der Waals surface area contributed by atoms with Gasteiger partial charge in [-0.2, -0.15) is 0 Å². The average Bonchev–Trinajstić information content (AvgIpc) is 2.95. The number of nitrogens with one attached hydrogen (secondary N) is 1. The van der Waals surface area contributed by atoms with Crippen LogP contribution in [-0.4, -0.2) is 52.8 Å².